The van der Waals surface area contributed by atoms with Crippen LogP contribution in [-0.4, -0.2) is 30.2 Å². The number of aliphatic hydroxyl groups excluding tert-OH is 1. The van der Waals surface area contributed by atoms with E-state index >= 15 is 0 Å². The van der Waals surface area contributed by atoms with Gasteiger partial charge >= 0.3 is 0 Å². The highest BCUT2D eigenvalue weighted by atomic mass is 16.3. The molecule has 90 valence electrons. The molecule has 0 aliphatic heterocycles. The number of aliphatic hydroxyl groups is 1. The maximum atomic E-state index is 11.3. The van der Waals surface area contributed by atoms with Crippen LogP contribution in [0, 0.1) is 5.41 Å². The molecular weight excluding hydrogens is 192 g/mol. The Morgan fingerprint density at radius 3 is 2.53 bits per heavy atom. The van der Waals surface area contributed by atoms with Crippen LogP contribution in [0.4, 0.5) is 0 Å². The topological polar surface area (TPSA) is 75.3 Å². The lowest BCUT2D eigenvalue weighted by molar-refractivity contribution is -0.122. The van der Waals surface area contributed by atoms with E-state index in [9.17, 15) is 4.79 Å². The van der Waals surface area contributed by atoms with Crippen LogP contribution in [-0.2, 0) is 4.79 Å². The first-order valence-electron chi connectivity index (χ1n) is 5.52. The van der Waals surface area contributed by atoms with Gasteiger partial charge in [0.2, 0.25) is 5.91 Å². The second-order valence-corrected chi connectivity index (χ2v) is 4.86. The summed E-state index contributed by atoms with van der Waals surface area (Å²) in [5.41, 5.74) is 5.61. The zero-order valence-corrected chi connectivity index (χ0v) is 10.0. The molecule has 0 aromatic carbocycles. The van der Waals surface area contributed by atoms with Crippen molar-refractivity contribution in [2.24, 2.45) is 11.1 Å². The van der Waals surface area contributed by atoms with E-state index < -0.39 is 6.10 Å². The van der Waals surface area contributed by atoms with Crippen LogP contribution in [0.25, 0.3) is 0 Å². The molecule has 0 aromatic heterocycles. The second-order valence-electron chi connectivity index (χ2n) is 4.86. The van der Waals surface area contributed by atoms with Gasteiger partial charge < -0.3 is 16.2 Å². The molecule has 0 radical (unpaired) electrons. The van der Waals surface area contributed by atoms with Crippen molar-refractivity contribution < 1.29 is 9.90 Å². The van der Waals surface area contributed by atoms with Gasteiger partial charge in [0, 0.05) is 13.0 Å². The van der Waals surface area contributed by atoms with E-state index in [1.54, 1.807) is 6.92 Å². The molecule has 0 aliphatic carbocycles. The summed E-state index contributed by atoms with van der Waals surface area (Å²) < 4.78 is 0. The first-order chi connectivity index (χ1) is 6.87. The van der Waals surface area contributed by atoms with Gasteiger partial charge in [-0.05, 0) is 31.7 Å². The predicted molar refractivity (Wildman–Crippen MR) is 61.4 cm³/mol. The maximum absolute atomic E-state index is 11.3. The molecule has 15 heavy (non-hydrogen) atoms. The summed E-state index contributed by atoms with van der Waals surface area (Å²) in [6, 6.07) is 0. The number of amides is 1. The van der Waals surface area contributed by atoms with E-state index in [4.69, 9.17) is 10.8 Å². The van der Waals surface area contributed by atoms with Crippen LogP contribution in [0.15, 0.2) is 0 Å². The molecule has 0 aromatic rings. The summed E-state index contributed by atoms with van der Waals surface area (Å²) in [5, 5.41) is 11.7. The van der Waals surface area contributed by atoms with E-state index in [0.29, 0.717) is 19.5 Å². The zero-order chi connectivity index (χ0) is 11.9. The Labute approximate surface area is 92.2 Å². The smallest absolute Gasteiger partial charge is 0.220 e. The van der Waals surface area contributed by atoms with Gasteiger partial charge in [0.15, 0.2) is 0 Å². The number of carbonyl (C=O) groups excluding carboxylic acids is 1. The van der Waals surface area contributed by atoms with E-state index in [0.717, 1.165) is 12.8 Å². The second kappa shape index (κ2) is 6.80. The minimum absolute atomic E-state index is 0.000923. The van der Waals surface area contributed by atoms with Gasteiger partial charge in [-0.2, -0.15) is 0 Å². The van der Waals surface area contributed by atoms with Gasteiger partial charge in [-0.25, -0.2) is 0 Å². The van der Waals surface area contributed by atoms with E-state index in [-0.39, 0.29) is 11.3 Å². The van der Waals surface area contributed by atoms with Crippen LogP contribution in [0.3, 0.4) is 0 Å². The molecule has 0 spiro atoms. The summed E-state index contributed by atoms with van der Waals surface area (Å²) in [6.07, 6.45) is 1.78. The Balaban J connectivity index is 3.70. The molecule has 4 nitrogen and oxygen atoms in total. The van der Waals surface area contributed by atoms with E-state index in [1.165, 1.54) is 0 Å². The molecule has 0 bridgehead atoms. The number of carbonyl (C=O) groups is 1. The van der Waals surface area contributed by atoms with E-state index in [1.807, 2.05) is 0 Å². The molecule has 0 aliphatic rings. The standard InChI is InChI=1S/C11H24N2O2/c1-9(14)8-13-10(15)4-5-11(2,3)6-7-12/h9,14H,4-8,12H2,1-3H3,(H,13,15). The Kier molecular flexibility index (Phi) is 6.52. The van der Waals surface area contributed by atoms with Crippen molar-refractivity contribution in [2.75, 3.05) is 13.1 Å². The van der Waals surface area contributed by atoms with Crippen LogP contribution in [0.2, 0.25) is 0 Å². The van der Waals surface area contributed by atoms with Gasteiger partial charge in [0.1, 0.15) is 0 Å². The molecule has 1 unspecified atom stereocenters. The Hall–Kier alpha value is -0.610. The minimum Gasteiger partial charge on any atom is -0.392 e. The molecule has 4 heteroatoms. The predicted octanol–water partition coefficient (Wildman–Crippen LogP) is 0.639. The van der Waals surface area contributed by atoms with Crippen LogP contribution in [0.1, 0.15) is 40.0 Å². The highest BCUT2D eigenvalue weighted by molar-refractivity contribution is 5.75. The minimum atomic E-state index is -0.481. The summed E-state index contributed by atoms with van der Waals surface area (Å²) >= 11 is 0. The number of nitrogens with two attached hydrogens (primary N) is 1. The Morgan fingerprint density at radius 2 is 2.07 bits per heavy atom. The van der Waals surface area contributed by atoms with E-state index in [2.05, 4.69) is 19.2 Å². The largest absolute Gasteiger partial charge is 0.392 e. The van der Waals surface area contributed by atoms with Crippen molar-refractivity contribution in [2.45, 2.75) is 46.1 Å². The highest BCUT2D eigenvalue weighted by Crippen LogP contribution is 2.25. The fourth-order valence-electron chi connectivity index (χ4n) is 1.32. The SMILES string of the molecule is CC(O)CNC(=O)CCC(C)(C)CCN. The van der Waals surface area contributed by atoms with Gasteiger partial charge in [-0.15, -0.1) is 0 Å². The number of hydrogen-bond donors (Lipinski definition) is 3. The summed E-state index contributed by atoms with van der Waals surface area (Å²) in [5.74, 6) is 0.000923. The van der Waals surface area contributed by atoms with Gasteiger partial charge in [-0.1, -0.05) is 13.8 Å². The maximum Gasteiger partial charge on any atom is 0.220 e. The quantitative estimate of drug-likeness (QED) is 0.584. The van der Waals surface area contributed by atoms with Crippen LogP contribution < -0.4 is 11.1 Å². The molecule has 0 heterocycles. The average Bonchev–Trinajstić information content (AvgIpc) is 2.11. The molecule has 1 amide bonds. The van der Waals surface area contributed by atoms with Gasteiger partial charge in [0.25, 0.3) is 0 Å². The summed E-state index contributed by atoms with van der Waals surface area (Å²) in [7, 11) is 0. The third-order valence-electron chi connectivity index (χ3n) is 2.44. The number of hydrogen-bond acceptors (Lipinski definition) is 3. The number of nitrogens with one attached hydrogen (secondary N) is 1. The molecule has 1 atom stereocenters. The molecule has 0 rings (SSSR count). The van der Waals surface area contributed by atoms with Crippen molar-refractivity contribution >= 4 is 5.91 Å². The molecule has 0 saturated heterocycles. The van der Waals surface area contributed by atoms with Crippen molar-refractivity contribution in [1.82, 2.24) is 5.32 Å². The van der Waals surface area contributed by atoms with Crippen molar-refractivity contribution in [3.63, 3.8) is 0 Å². The summed E-state index contributed by atoms with van der Waals surface area (Å²) in [6.45, 7) is 6.86. The average molecular weight is 216 g/mol. The first kappa shape index (κ1) is 14.4. The lowest BCUT2D eigenvalue weighted by Gasteiger charge is -2.23. The molecular formula is C11H24N2O2. The number of rotatable bonds is 7. The third kappa shape index (κ3) is 8.39. The molecule has 0 saturated carbocycles. The Morgan fingerprint density at radius 1 is 1.47 bits per heavy atom. The zero-order valence-electron chi connectivity index (χ0n) is 10.0. The van der Waals surface area contributed by atoms with Crippen molar-refractivity contribution in [1.29, 1.82) is 0 Å². The third-order valence-corrected chi connectivity index (χ3v) is 2.44. The molecule has 0 fully saturated rings. The lowest BCUT2D eigenvalue weighted by atomic mass is 9.84. The van der Waals surface area contributed by atoms with Crippen LogP contribution in [0.5, 0.6) is 0 Å². The normalized spacial score (nSPS) is 13.7. The lowest BCUT2D eigenvalue weighted by Crippen LogP contribution is -2.31. The van der Waals surface area contributed by atoms with Gasteiger partial charge in [-0.3, -0.25) is 4.79 Å². The first-order valence-corrected chi connectivity index (χ1v) is 5.52. The van der Waals surface area contributed by atoms with Crippen molar-refractivity contribution in [3.05, 3.63) is 0 Å². The fraction of sp³-hybridized carbons (Fsp3) is 0.909. The monoisotopic (exact) mass is 216 g/mol. The molecule has 4 N–H and O–H groups in total. The Bertz CT molecular complexity index is 191. The summed E-state index contributed by atoms with van der Waals surface area (Å²) in [4.78, 5) is 11.3. The van der Waals surface area contributed by atoms with Gasteiger partial charge in [0.05, 0.1) is 6.10 Å². The fourth-order valence-corrected chi connectivity index (χ4v) is 1.32. The van der Waals surface area contributed by atoms with Crippen LogP contribution >= 0.6 is 0 Å². The van der Waals surface area contributed by atoms with Crippen molar-refractivity contribution in [3.8, 4) is 0 Å². The highest BCUT2D eigenvalue weighted by Gasteiger charge is 2.18.